The van der Waals surface area contributed by atoms with Crippen LogP contribution in [0, 0.1) is 6.92 Å². The summed E-state index contributed by atoms with van der Waals surface area (Å²) in [5.74, 6) is 1.06. The van der Waals surface area contributed by atoms with Crippen molar-refractivity contribution in [1.82, 2.24) is 29.8 Å². The molecule has 1 atom stereocenters. The fourth-order valence-electron chi connectivity index (χ4n) is 4.16. The van der Waals surface area contributed by atoms with E-state index < -0.39 is 0 Å². The molecule has 3 aromatic heterocycles. The molecule has 138 valence electrons. The molecule has 5 rings (SSSR count). The highest BCUT2D eigenvalue weighted by Crippen LogP contribution is 2.35. The van der Waals surface area contributed by atoms with Crippen LogP contribution in [-0.2, 0) is 19.4 Å². The van der Waals surface area contributed by atoms with Gasteiger partial charge in [0.1, 0.15) is 5.82 Å². The summed E-state index contributed by atoms with van der Waals surface area (Å²) in [6.45, 7) is 6.03. The Bertz CT molecular complexity index is 1050. The summed E-state index contributed by atoms with van der Waals surface area (Å²) in [5, 5.41) is 1.24. The van der Waals surface area contributed by atoms with Gasteiger partial charge in [-0.3, -0.25) is 4.90 Å². The van der Waals surface area contributed by atoms with Crippen molar-refractivity contribution in [3.05, 3.63) is 71.0 Å². The minimum absolute atomic E-state index is 0.105. The highest BCUT2D eigenvalue weighted by atomic mass is 15.2. The summed E-state index contributed by atoms with van der Waals surface area (Å²) in [5.41, 5.74) is 7.01. The molecule has 1 aromatic carbocycles. The quantitative estimate of drug-likeness (QED) is 0.520. The second kappa shape index (κ2) is 6.39. The molecule has 3 N–H and O–H groups in total. The molecule has 1 aliphatic heterocycles. The highest BCUT2D eigenvalue weighted by Gasteiger charge is 2.32. The number of benzene rings is 1. The average Bonchev–Trinajstić information content (AvgIpc) is 3.39. The zero-order valence-electron chi connectivity index (χ0n) is 15.7. The number of nitrogens with one attached hydrogen (secondary N) is 3. The van der Waals surface area contributed by atoms with Crippen LogP contribution < -0.4 is 0 Å². The molecule has 0 spiro atoms. The Morgan fingerprint density at radius 1 is 1.22 bits per heavy atom. The summed E-state index contributed by atoms with van der Waals surface area (Å²) in [4.78, 5) is 22.3. The van der Waals surface area contributed by atoms with Gasteiger partial charge in [-0.15, -0.1) is 0 Å². The fourth-order valence-corrected chi connectivity index (χ4v) is 4.16. The molecule has 0 bridgehead atoms. The highest BCUT2D eigenvalue weighted by molar-refractivity contribution is 5.80. The van der Waals surface area contributed by atoms with Crippen LogP contribution in [0.3, 0.4) is 0 Å². The molecule has 0 radical (unpaired) electrons. The van der Waals surface area contributed by atoms with Gasteiger partial charge < -0.3 is 15.0 Å². The Morgan fingerprint density at radius 2 is 2.11 bits per heavy atom. The Morgan fingerprint density at radius 3 is 2.93 bits per heavy atom. The third kappa shape index (κ3) is 2.77. The van der Waals surface area contributed by atoms with Gasteiger partial charge >= 0.3 is 0 Å². The lowest BCUT2D eigenvalue weighted by Crippen LogP contribution is -2.36. The zero-order valence-corrected chi connectivity index (χ0v) is 15.7. The smallest absolute Gasteiger partial charge is 0.106 e. The lowest BCUT2D eigenvalue weighted by atomic mass is 9.99. The summed E-state index contributed by atoms with van der Waals surface area (Å²) in [7, 11) is 0. The van der Waals surface area contributed by atoms with Crippen LogP contribution in [0.25, 0.3) is 10.9 Å². The molecule has 27 heavy (non-hydrogen) atoms. The number of fused-ring (bicyclic) bond motifs is 2. The van der Waals surface area contributed by atoms with Gasteiger partial charge in [0.05, 0.1) is 23.8 Å². The lowest BCUT2D eigenvalue weighted by Gasteiger charge is -2.34. The number of rotatable bonds is 4. The van der Waals surface area contributed by atoms with Crippen LogP contribution in [0.15, 0.2) is 36.7 Å². The van der Waals surface area contributed by atoms with Crippen molar-refractivity contribution < 1.29 is 0 Å². The van der Waals surface area contributed by atoms with E-state index in [0.717, 1.165) is 48.8 Å². The van der Waals surface area contributed by atoms with E-state index in [1.807, 2.05) is 6.33 Å². The number of H-pyrrole nitrogens is 3. The van der Waals surface area contributed by atoms with Gasteiger partial charge in [0.15, 0.2) is 0 Å². The number of aromatic amines is 3. The molecule has 4 aromatic rings. The first-order valence-corrected chi connectivity index (χ1v) is 9.61. The molecule has 0 amide bonds. The molecular formula is C21H24N6. The summed E-state index contributed by atoms with van der Waals surface area (Å²) in [6, 6.07) is 10.8. The van der Waals surface area contributed by atoms with Crippen LogP contribution in [0.4, 0.5) is 0 Å². The third-order valence-corrected chi connectivity index (χ3v) is 5.59. The zero-order chi connectivity index (χ0) is 18.4. The van der Waals surface area contributed by atoms with E-state index in [2.05, 4.69) is 69.0 Å². The van der Waals surface area contributed by atoms with Crippen LogP contribution in [0.5, 0.6) is 0 Å². The van der Waals surface area contributed by atoms with Crippen LogP contribution in [-0.4, -0.2) is 36.4 Å². The molecule has 4 heterocycles. The van der Waals surface area contributed by atoms with E-state index in [4.69, 9.17) is 4.98 Å². The van der Waals surface area contributed by atoms with Crippen molar-refractivity contribution in [3.8, 4) is 0 Å². The summed E-state index contributed by atoms with van der Waals surface area (Å²) in [6.07, 6.45) is 3.73. The number of hydrogen-bond acceptors (Lipinski definition) is 3. The van der Waals surface area contributed by atoms with Gasteiger partial charge in [-0.05, 0) is 24.4 Å². The maximum absolute atomic E-state index is 4.80. The van der Waals surface area contributed by atoms with Crippen molar-refractivity contribution in [1.29, 1.82) is 0 Å². The van der Waals surface area contributed by atoms with Gasteiger partial charge in [0.25, 0.3) is 0 Å². The predicted octanol–water partition coefficient (Wildman–Crippen LogP) is 3.63. The molecule has 6 heteroatoms. The number of imidazole rings is 2. The van der Waals surface area contributed by atoms with E-state index in [1.165, 1.54) is 22.3 Å². The average molecular weight is 360 g/mol. The number of aromatic nitrogens is 5. The van der Waals surface area contributed by atoms with Crippen molar-refractivity contribution in [2.45, 2.75) is 39.3 Å². The number of hydrogen-bond donors (Lipinski definition) is 3. The van der Waals surface area contributed by atoms with Gasteiger partial charge in [-0.25, -0.2) is 9.97 Å². The van der Waals surface area contributed by atoms with Crippen molar-refractivity contribution in [2.24, 2.45) is 0 Å². The van der Waals surface area contributed by atoms with E-state index in [1.54, 1.807) is 0 Å². The Balaban J connectivity index is 1.56. The van der Waals surface area contributed by atoms with Crippen molar-refractivity contribution in [2.75, 3.05) is 6.54 Å². The van der Waals surface area contributed by atoms with Crippen LogP contribution >= 0.6 is 0 Å². The second-order valence-corrected chi connectivity index (χ2v) is 7.31. The minimum atomic E-state index is 0.105. The maximum Gasteiger partial charge on any atom is 0.106 e. The summed E-state index contributed by atoms with van der Waals surface area (Å²) >= 11 is 0. The van der Waals surface area contributed by atoms with E-state index >= 15 is 0 Å². The molecule has 0 aliphatic carbocycles. The van der Waals surface area contributed by atoms with Crippen molar-refractivity contribution in [3.63, 3.8) is 0 Å². The number of nitrogens with zero attached hydrogens (tertiary/aromatic N) is 3. The van der Waals surface area contributed by atoms with Gasteiger partial charge in [-0.1, -0.05) is 25.1 Å². The molecule has 0 saturated heterocycles. The van der Waals surface area contributed by atoms with Crippen molar-refractivity contribution >= 4 is 10.9 Å². The molecule has 1 unspecified atom stereocenters. The first kappa shape index (κ1) is 16.3. The number of para-hydroxylation sites is 1. The van der Waals surface area contributed by atoms with E-state index in [9.17, 15) is 0 Å². The number of aryl methyl sites for hydroxylation is 2. The Kier molecular flexibility index (Phi) is 3.86. The van der Waals surface area contributed by atoms with Gasteiger partial charge in [0.2, 0.25) is 0 Å². The SMILES string of the molecule is CCc1nc(CN2CCc3[nH]cnc3C2c2cc3ccccc3[nH]2)c(C)[nH]1. The maximum atomic E-state index is 4.80. The molecule has 6 nitrogen and oxygen atoms in total. The Hall–Kier alpha value is -2.86. The topological polar surface area (TPSA) is 76.4 Å². The second-order valence-electron chi connectivity index (χ2n) is 7.31. The molecule has 1 aliphatic rings. The summed E-state index contributed by atoms with van der Waals surface area (Å²) < 4.78 is 0. The van der Waals surface area contributed by atoms with Gasteiger partial charge in [-0.2, -0.15) is 0 Å². The van der Waals surface area contributed by atoms with E-state index in [-0.39, 0.29) is 6.04 Å². The monoisotopic (exact) mass is 360 g/mol. The predicted molar refractivity (Wildman–Crippen MR) is 106 cm³/mol. The largest absolute Gasteiger partial charge is 0.357 e. The minimum Gasteiger partial charge on any atom is -0.357 e. The first-order chi connectivity index (χ1) is 13.2. The molecular weight excluding hydrogens is 336 g/mol. The van der Waals surface area contributed by atoms with Gasteiger partial charge in [0, 0.05) is 48.5 Å². The van der Waals surface area contributed by atoms with Crippen LogP contribution in [0.1, 0.15) is 47.3 Å². The molecule has 0 saturated carbocycles. The van der Waals surface area contributed by atoms with E-state index in [0.29, 0.717) is 0 Å². The molecule has 0 fully saturated rings. The lowest BCUT2D eigenvalue weighted by molar-refractivity contribution is 0.195. The fraction of sp³-hybridized carbons (Fsp3) is 0.333. The standard InChI is InChI=1S/C21H24N6/c1-3-19-24-13(2)18(26-19)11-27-9-8-16-20(23-12-22-16)21(27)17-10-14-6-4-5-7-15(14)25-17/h4-7,10,12,21,25H,3,8-9,11H2,1-2H3,(H,22,23)(H,24,26). The third-order valence-electron chi connectivity index (χ3n) is 5.59. The Labute approximate surface area is 158 Å². The normalized spacial score (nSPS) is 17.5. The first-order valence-electron chi connectivity index (χ1n) is 9.61. The van der Waals surface area contributed by atoms with Crippen LogP contribution in [0.2, 0.25) is 0 Å².